The number of halogens is 1. The summed E-state index contributed by atoms with van der Waals surface area (Å²) in [5, 5.41) is 1.09. The quantitative estimate of drug-likeness (QED) is 0.323. The van der Waals surface area contributed by atoms with Gasteiger partial charge in [-0.25, -0.2) is 4.98 Å². The normalized spacial score (nSPS) is 12.0. The fourth-order valence-electron chi connectivity index (χ4n) is 3.23. The Morgan fingerprint density at radius 2 is 1.88 bits per heavy atom. The highest BCUT2D eigenvalue weighted by molar-refractivity contribution is 7.99. The number of hydrogen-bond donors (Lipinski definition) is 1. The number of aromatic nitrogens is 5. The van der Waals surface area contributed by atoms with E-state index in [1.54, 1.807) is 36.3 Å². The van der Waals surface area contributed by atoms with E-state index in [1.165, 1.54) is 16.3 Å². The van der Waals surface area contributed by atoms with Crippen LogP contribution < -0.4 is 20.9 Å². The van der Waals surface area contributed by atoms with Gasteiger partial charge in [0.25, 0.3) is 5.56 Å². The van der Waals surface area contributed by atoms with E-state index in [0.717, 1.165) is 0 Å². The highest BCUT2D eigenvalue weighted by Gasteiger charge is 2.21. The van der Waals surface area contributed by atoms with Gasteiger partial charge in [-0.1, -0.05) is 35.5 Å². The molecule has 2 aromatic heterocycles. The smallest absolute Gasteiger partial charge is 0.266 e. The lowest BCUT2D eigenvalue weighted by atomic mass is 10.2. The zero-order chi connectivity index (χ0) is 23.7. The van der Waals surface area contributed by atoms with E-state index in [-0.39, 0.29) is 16.8 Å². The predicted octanol–water partition coefficient (Wildman–Crippen LogP) is 3.73. The Bertz CT molecular complexity index is 1390. The lowest BCUT2D eigenvalue weighted by molar-refractivity contribution is 0.411. The van der Waals surface area contributed by atoms with Gasteiger partial charge in [0, 0.05) is 19.1 Å². The number of nitrogen functional groups attached to an aromatic ring is 1. The van der Waals surface area contributed by atoms with Gasteiger partial charge in [0.05, 0.1) is 29.0 Å². The molecular formula is C22H22ClN7O2S. The van der Waals surface area contributed by atoms with Crippen LogP contribution in [-0.2, 0) is 0 Å². The minimum Gasteiger partial charge on any atom is -0.495 e. The number of thioether (sulfide) groups is 1. The molecule has 0 bridgehead atoms. The summed E-state index contributed by atoms with van der Waals surface area (Å²) in [4.78, 5) is 33.1. The Morgan fingerprint density at radius 1 is 1.12 bits per heavy atom. The molecule has 11 heteroatoms. The number of para-hydroxylation sites is 2. The highest BCUT2D eigenvalue weighted by atomic mass is 35.5. The van der Waals surface area contributed by atoms with Gasteiger partial charge in [-0.3, -0.25) is 9.36 Å². The number of benzene rings is 2. The molecule has 4 aromatic rings. The first-order valence-electron chi connectivity index (χ1n) is 9.99. The number of nitrogens with two attached hydrogens (primary N) is 1. The van der Waals surface area contributed by atoms with Crippen molar-refractivity contribution < 1.29 is 4.74 Å². The number of methoxy groups -OCH3 is 1. The maximum atomic E-state index is 13.6. The molecule has 9 nitrogen and oxygen atoms in total. The average Bonchev–Trinajstić information content (AvgIpc) is 2.78. The van der Waals surface area contributed by atoms with Crippen molar-refractivity contribution in [1.82, 2.24) is 24.5 Å². The minimum atomic E-state index is -0.293. The number of fused-ring (bicyclic) bond motifs is 1. The van der Waals surface area contributed by atoms with Crippen LogP contribution in [0, 0.1) is 0 Å². The average molecular weight is 484 g/mol. The Hall–Kier alpha value is -3.37. The molecule has 0 aliphatic heterocycles. The lowest BCUT2D eigenvalue weighted by Crippen LogP contribution is -2.22. The molecule has 1 atom stereocenters. The van der Waals surface area contributed by atoms with Crippen LogP contribution in [0.3, 0.4) is 0 Å². The molecule has 4 rings (SSSR count). The molecule has 0 radical (unpaired) electrons. The van der Waals surface area contributed by atoms with E-state index in [2.05, 4.69) is 15.0 Å². The van der Waals surface area contributed by atoms with Crippen molar-refractivity contribution in [3.8, 4) is 11.4 Å². The molecule has 2 N–H and O–H groups in total. The third kappa shape index (κ3) is 4.57. The van der Waals surface area contributed by atoms with Crippen molar-refractivity contribution in [3.63, 3.8) is 0 Å². The molecule has 0 spiro atoms. The van der Waals surface area contributed by atoms with Gasteiger partial charge in [-0.2, -0.15) is 15.0 Å². The minimum absolute atomic E-state index is 0.122. The molecule has 1 unspecified atom stereocenters. The van der Waals surface area contributed by atoms with Crippen LogP contribution in [0.2, 0.25) is 5.02 Å². The monoisotopic (exact) mass is 483 g/mol. The summed E-state index contributed by atoms with van der Waals surface area (Å²) in [5.74, 6) is 1.59. The summed E-state index contributed by atoms with van der Waals surface area (Å²) >= 11 is 7.50. The zero-order valence-electron chi connectivity index (χ0n) is 18.5. The van der Waals surface area contributed by atoms with Crippen LogP contribution in [0.5, 0.6) is 5.75 Å². The maximum absolute atomic E-state index is 13.6. The molecule has 0 aliphatic carbocycles. The molecule has 33 heavy (non-hydrogen) atoms. The topological polar surface area (TPSA) is 112 Å². The van der Waals surface area contributed by atoms with Crippen LogP contribution in [-0.4, -0.2) is 45.7 Å². The van der Waals surface area contributed by atoms with Crippen LogP contribution in [0.25, 0.3) is 16.6 Å². The van der Waals surface area contributed by atoms with Crippen molar-refractivity contribution in [1.29, 1.82) is 0 Å². The first-order valence-corrected chi connectivity index (χ1v) is 11.3. The van der Waals surface area contributed by atoms with E-state index in [1.807, 2.05) is 39.2 Å². The first kappa shape index (κ1) is 22.8. The Balaban J connectivity index is 1.90. The largest absolute Gasteiger partial charge is 0.495 e. The van der Waals surface area contributed by atoms with Gasteiger partial charge >= 0.3 is 0 Å². The first-order chi connectivity index (χ1) is 15.8. The number of ether oxygens (including phenoxy) is 1. The number of rotatable bonds is 6. The molecule has 0 fully saturated rings. The van der Waals surface area contributed by atoms with Gasteiger partial charge < -0.3 is 15.4 Å². The Morgan fingerprint density at radius 3 is 2.61 bits per heavy atom. The second-order valence-electron chi connectivity index (χ2n) is 7.37. The van der Waals surface area contributed by atoms with Crippen molar-refractivity contribution in [2.24, 2.45) is 0 Å². The maximum Gasteiger partial charge on any atom is 0.266 e. The van der Waals surface area contributed by atoms with Crippen LogP contribution >= 0.6 is 23.4 Å². The van der Waals surface area contributed by atoms with E-state index in [4.69, 9.17) is 27.1 Å². The van der Waals surface area contributed by atoms with Gasteiger partial charge in [0.15, 0.2) is 5.16 Å². The van der Waals surface area contributed by atoms with Crippen LogP contribution in [0.1, 0.15) is 18.0 Å². The van der Waals surface area contributed by atoms with Crippen molar-refractivity contribution in [2.75, 3.05) is 31.8 Å². The summed E-state index contributed by atoms with van der Waals surface area (Å²) in [6.07, 6.45) is 0. The van der Waals surface area contributed by atoms with Gasteiger partial charge in [0.1, 0.15) is 11.6 Å². The highest BCUT2D eigenvalue weighted by Crippen LogP contribution is 2.35. The van der Waals surface area contributed by atoms with E-state index in [0.29, 0.717) is 44.3 Å². The SMILES string of the molecule is COc1ccccc1-n1c(SC(C)c2nc(N)nc(N(C)C)n2)nc2cc(Cl)ccc2c1=O. The number of hydrogen-bond acceptors (Lipinski definition) is 9. The van der Waals surface area contributed by atoms with Gasteiger partial charge in [-0.15, -0.1) is 0 Å². The Kier molecular flexibility index (Phi) is 6.39. The van der Waals surface area contributed by atoms with Crippen LogP contribution in [0.4, 0.5) is 11.9 Å². The van der Waals surface area contributed by atoms with E-state index in [9.17, 15) is 4.79 Å². The zero-order valence-corrected chi connectivity index (χ0v) is 20.1. The summed E-state index contributed by atoms with van der Waals surface area (Å²) in [7, 11) is 5.21. The van der Waals surface area contributed by atoms with Crippen LogP contribution in [0.15, 0.2) is 52.4 Å². The third-order valence-electron chi connectivity index (χ3n) is 4.83. The standard InChI is InChI=1S/C22H22ClN7O2S/c1-12(18-26-20(24)28-21(27-18)29(2)3)33-22-25-15-11-13(23)9-10-14(15)19(31)30(22)16-7-5-6-8-17(16)32-4/h5-12H,1-4H3,(H2,24,26,27,28). The molecule has 0 amide bonds. The van der Waals surface area contributed by atoms with Crippen molar-refractivity contribution in [3.05, 3.63) is 63.7 Å². The summed E-state index contributed by atoms with van der Waals surface area (Å²) in [6.45, 7) is 1.92. The summed E-state index contributed by atoms with van der Waals surface area (Å²) in [5.41, 5.74) is 6.74. The molecule has 2 heterocycles. The van der Waals surface area contributed by atoms with Crippen molar-refractivity contribution >= 4 is 46.2 Å². The van der Waals surface area contributed by atoms with E-state index < -0.39 is 0 Å². The fraction of sp³-hybridized carbons (Fsp3) is 0.227. The molecule has 2 aromatic carbocycles. The summed E-state index contributed by atoms with van der Waals surface area (Å²) in [6, 6.07) is 12.3. The Labute approximate surface area is 199 Å². The summed E-state index contributed by atoms with van der Waals surface area (Å²) < 4.78 is 7.05. The molecule has 0 saturated heterocycles. The van der Waals surface area contributed by atoms with E-state index >= 15 is 0 Å². The lowest BCUT2D eigenvalue weighted by Gasteiger charge is -2.18. The fourth-order valence-corrected chi connectivity index (χ4v) is 4.37. The third-order valence-corrected chi connectivity index (χ3v) is 6.11. The molecule has 0 aliphatic rings. The van der Waals surface area contributed by atoms with Gasteiger partial charge in [-0.05, 0) is 37.3 Å². The molecule has 170 valence electrons. The number of anilines is 2. The predicted molar refractivity (Wildman–Crippen MR) is 132 cm³/mol. The number of nitrogens with zero attached hydrogens (tertiary/aromatic N) is 6. The molecule has 0 saturated carbocycles. The molecular weight excluding hydrogens is 462 g/mol. The van der Waals surface area contributed by atoms with Crippen molar-refractivity contribution in [2.45, 2.75) is 17.3 Å². The second kappa shape index (κ2) is 9.24. The second-order valence-corrected chi connectivity index (χ2v) is 9.12. The van der Waals surface area contributed by atoms with Gasteiger partial charge in [0.2, 0.25) is 11.9 Å².